The van der Waals surface area contributed by atoms with Gasteiger partial charge in [-0.25, -0.2) is 22.0 Å². The molecule has 0 spiro atoms. The maximum Gasteiger partial charge on any atom is 0.281 e. The zero-order valence-electron chi connectivity index (χ0n) is 14.8. The van der Waals surface area contributed by atoms with E-state index in [4.69, 9.17) is 0 Å². The summed E-state index contributed by atoms with van der Waals surface area (Å²) < 4.78 is 70.6. The first-order valence-corrected chi connectivity index (χ1v) is 8.79. The highest BCUT2D eigenvalue weighted by molar-refractivity contribution is 5.65. The Morgan fingerprint density at radius 2 is 1.54 bits per heavy atom. The normalized spacial score (nSPS) is 24.8. The second-order valence-corrected chi connectivity index (χ2v) is 7.31. The third kappa shape index (κ3) is 3.36. The van der Waals surface area contributed by atoms with Crippen molar-refractivity contribution in [2.45, 2.75) is 57.0 Å². The summed E-state index contributed by atoms with van der Waals surface area (Å²) in [5.74, 6) is -6.05. The zero-order chi connectivity index (χ0) is 19.1. The maximum atomic E-state index is 14.6. The van der Waals surface area contributed by atoms with Crippen molar-refractivity contribution in [2.75, 3.05) is 0 Å². The topological polar surface area (TPSA) is 0 Å². The van der Waals surface area contributed by atoms with Gasteiger partial charge in [0, 0.05) is 6.42 Å². The quantitative estimate of drug-likeness (QED) is 0.519. The molecule has 2 atom stereocenters. The van der Waals surface area contributed by atoms with Gasteiger partial charge in [0.2, 0.25) is 0 Å². The number of aryl methyl sites for hydroxylation is 1. The minimum absolute atomic E-state index is 0.0763. The van der Waals surface area contributed by atoms with Crippen LogP contribution in [0.2, 0.25) is 0 Å². The minimum Gasteiger partial charge on any atom is -0.238 e. The van der Waals surface area contributed by atoms with E-state index in [2.05, 4.69) is 0 Å². The van der Waals surface area contributed by atoms with Crippen molar-refractivity contribution >= 4 is 0 Å². The van der Waals surface area contributed by atoms with Crippen LogP contribution in [0, 0.1) is 11.6 Å². The van der Waals surface area contributed by atoms with Gasteiger partial charge in [0.05, 0.1) is 5.56 Å². The van der Waals surface area contributed by atoms with Gasteiger partial charge in [-0.1, -0.05) is 37.6 Å². The summed E-state index contributed by atoms with van der Waals surface area (Å²) in [6.45, 7) is 2.88. The van der Waals surface area contributed by atoms with Crippen molar-refractivity contribution in [1.29, 1.82) is 0 Å². The first-order chi connectivity index (χ1) is 12.1. The highest BCUT2D eigenvalue weighted by atomic mass is 19.3. The van der Waals surface area contributed by atoms with Crippen LogP contribution in [0.5, 0.6) is 0 Å². The highest BCUT2D eigenvalue weighted by Crippen LogP contribution is 2.53. The monoisotopic (exact) mass is 368 g/mol. The van der Waals surface area contributed by atoms with Crippen molar-refractivity contribution in [2.24, 2.45) is 0 Å². The lowest BCUT2D eigenvalue weighted by molar-refractivity contribution is -0.105. The second kappa shape index (κ2) is 6.67. The van der Waals surface area contributed by atoms with E-state index in [-0.39, 0.29) is 11.1 Å². The van der Waals surface area contributed by atoms with Crippen LogP contribution >= 0.6 is 0 Å². The molecule has 2 aromatic rings. The van der Waals surface area contributed by atoms with Gasteiger partial charge >= 0.3 is 0 Å². The third-order valence-corrected chi connectivity index (χ3v) is 5.21. The van der Waals surface area contributed by atoms with Gasteiger partial charge in [-0.05, 0) is 54.5 Å². The van der Waals surface area contributed by atoms with Crippen LogP contribution in [-0.2, 0) is 6.42 Å². The van der Waals surface area contributed by atoms with E-state index in [1.165, 1.54) is 0 Å². The minimum atomic E-state index is -3.50. The first-order valence-electron chi connectivity index (χ1n) is 8.79. The fourth-order valence-electron chi connectivity index (χ4n) is 3.67. The number of halogens is 5. The van der Waals surface area contributed by atoms with Gasteiger partial charge in [0.15, 0.2) is 5.67 Å². The van der Waals surface area contributed by atoms with Crippen LogP contribution in [-0.4, -0.2) is 11.6 Å². The Labute approximate surface area is 150 Å². The number of rotatable bonds is 4. The molecule has 1 aliphatic rings. The van der Waals surface area contributed by atoms with Crippen LogP contribution in [0.15, 0.2) is 36.4 Å². The Morgan fingerprint density at radius 1 is 0.962 bits per heavy atom. The third-order valence-electron chi connectivity index (χ3n) is 5.21. The van der Waals surface area contributed by atoms with Crippen LogP contribution in [0.1, 0.15) is 50.2 Å². The van der Waals surface area contributed by atoms with E-state index in [1.807, 2.05) is 19.1 Å². The highest BCUT2D eigenvalue weighted by Gasteiger charge is 2.58. The molecule has 140 valence electrons. The Morgan fingerprint density at radius 3 is 2.00 bits per heavy atom. The summed E-state index contributed by atoms with van der Waals surface area (Å²) in [7, 11) is 0. The molecule has 0 aromatic heterocycles. The fourth-order valence-corrected chi connectivity index (χ4v) is 3.67. The summed E-state index contributed by atoms with van der Waals surface area (Å²) >= 11 is 0. The summed E-state index contributed by atoms with van der Waals surface area (Å²) in [5, 5.41) is 0. The molecular weight excluding hydrogens is 347 g/mol. The molecule has 0 aliphatic heterocycles. The standard InChI is InChI=1S/C21H21F5/c1-3-4-13-5-7-14(8-6-13)19-17(22)9-15(10-18(19)23)16-11-20(2,24)21(25,26)12-16/h5-10,16H,3-4,11-12H2,1-2H3. The summed E-state index contributed by atoms with van der Waals surface area (Å²) in [6.07, 6.45) is 0.645. The van der Waals surface area contributed by atoms with Gasteiger partial charge in [-0.2, -0.15) is 0 Å². The zero-order valence-corrected chi connectivity index (χ0v) is 14.8. The van der Waals surface area contributed by atoms with Crippen LogP contribution in [0.25, 0.3) is 11.1 Å². The smallest absolute Gasteiger partial charge is 0.238 e. The molecule has 1 saturated carbocycles. The van der Waals surface area contributed by atoms with Crippen LogP contribution in [0.3, 0.4) is 0 Å². The molecule has 0 bridgehead atoms. The first kappa shape index (κ1) is 18.9. The van der Waals surface area contributed by atoms with E-state index in [1.54, 1.807) is 12.1 Å². The fraction of sp³-hybridized carbons (Fsp3) is 0.429. The Kier molecular flexibility index (Phi) is 4.84. The summed E-state index contributed by atoms with van der Waals surface area (Å²) in [6, 6.07) is 9.04. The average Bonchev–Trinajstić information content (AvgIpc) is 2.77. The molecular formula is C21H21F5. The molecule has 2 aromatic carbocycles. The lowest BCUT2D eigenvalue weighted by atomic mass is 9.92. The van der Waals surface area contributed by atoms with Crippen molar-refractivity contribution in [1.82, 2.24) is 0 Å². The number of hydrogen-bond acceptors (Lipinski definition) is 0. The SMILES string of the molecule is CCCc1ccc(-c2c(F)cc(C3CC(C)(F)C(F)(F)C3)cc2F)cc1. The lowest BCUT2D eigenvalue weighted by Gasteiger charge is -2.21. The molecule has 0 heterocycles. The number of benzene rings is 2. The second-order valence-electron chi connectivity index (χ2n) is 7.31. The van der Waals surface area contributed by atoms with E-state index >= 15 is 0 Å². The van der Waals surface area contributed by atoms with Gasteiger partial charge in [-0.3, -0.25) is 0 Å². The summed E-state index contributed by atoms with van der Waals surface area (Å²) in [5.41, 5.74) is -1.32. The lowest BCUT2D eigenvalue weighted by Crippen LogP contribution is -2.35. The molecule has 0 amide bonds. The van der Waals surface area contributed by atoms with Crippen LogP contribution < -0.4 is 0 Å². The molecule has 1 aliphatic carbocycles. The van der Waals surface area contributed by atoms with Gasteiger partial charge in [-0.15, -0.1) is 0 Å². The van der Waals surface area contributed by atoms with Crippen molar-refractivity contribution in [3.8, 4) is 11.1 Å². The molecule has 0 N–H and O–H groups in total. The Balaban J connectivity index is 1.92. The predicted molar refractivity (Wildman–Crippen MR) is 92.2 cm³/mol. The Bertz CT molecular complexity index is 754. The summed E-state index contributed by atoms with van der Waals surface area (Å²) in [4.78, 5) is 0. The van der Waals surface area contributed by atoms with Gasteiger partial charge < -0.3 is 0 Å². The average molecular weight is 368 g/mol. The van der Waals surface area contributed by atoms with Crippen molar-refractivity contribution in [3.63, 3.8) is 0 Å². The van der Waals surface area contributed by atoms with Gasteiger partial charge in [0.25, 0.3) is 5.92 Å². The molecule has 26 heavy (non-hydrogen) atoms. The Hall–Kier alpha value is -1.91. The molecule has 5 heteroatoms. The van der Waals surface area contributed by atoms with E-state index < -0.39 is 42.0 Å². The van der Waals surface area contributed by atoms with Crippen molar-refractivity contribution in [3.05, 3.63) is 59.2 Å². The van der Waals surface area contributed by atoms with E-state index in [9.17, 15) is 22.0 Å². The number of alkyl halides is 3. The molecule has 3 rings (SSSR count). The number of hydrogen-bond donors (Lipinski definition) is 0. The van der Waals surface area contributed by atoms with E-state index in [0.29, 0.717) is 5.56 Å². The molecule has 0 saturated heterocycles. The molecule has 2 unspecified atom stereocenters. The van der Waals surface area contributed by atoms with Gasteiger partial charge in [0.1, 0.15) is 11.6 Å². The maximum absolute atomic E-state index is 14.6. The predicted octanol–water partition coefficient (Wildman–Crippen LogP) is 6.83. The van der Waals surface area contributed by atoms with E-state index in [0.717, 1.165) is 37.5 Å². The van der Waals surface area contributed by atoms with Crippen molar-refractivity contribution < 1.29 is 22.0 Å². The molecule has 0 radical (unpaired) electrons. The largest absolute Gasteiger partial charge is 0.281 e. The molecule has 1 fully saturated rings. The van der Waals surface area contributed by atoms with Crippen LogP contribution in [0.4, 0.5) is 22.0 Å². The molecule has 0 nitrogen and oxygen atoms in total.